The highest BCUT2D eigenvalue weighted by Crippen LogP contribution is 2.23. The molecule has 0 saturated heterocycles. The van der Waals surface area contributed by atoms with Gasteiger partial charge in [0.1, 0.15) is 11.4 Å². The van der Waals surface area contributed by atoms with Crippen LogP contribution in [0.3, 0.4) is 0 Å². The number of hydrogen-bond donors (Lipinski definition) is 1. The summed E-state index contributed by atoms with van der Waals surface area (Å²) in [5, 5.41) is 10.3. The largest absolute Gasteiger partial charge is 0.444 e. The topological polar surface area (TPSA) is 68.5 Å². The second kappa shape index (κ2) is 7.33. The zero-order chi connectivity index (χ0) is 19.6. The number of halogens is 2. The summed E-state index contributed by atoms with van der Waals surface area (Å²) in [6, 6.07) is 0. The first-order valence-electron chi connectivity index (χ1n) is 8.13. The second-order valence-corrected chi connectivity index (χ2v) is 6.89. The van der Waals surface area contributed by atoms with Crippen LogP contribution in [0.15, 0.2) is 6.20 Å². The fraction of sp³-hybridized carbons (Fsp3) is 0.588. The lowest BCUT2D eigenvalue weighted by Crippen LogP contribution is -2.45. The monoisotopic (exact) mass is 356 g/mol. The fourth-order valence-corrected chi connectivity index (χ4v) is 2.09. The minimum Gasteiger partial charge on any atom is -0.444 e. The van der Waals surface area contributed by atoms with E-state index in [9.17, 15) is 13.6 Å². The van der Waals surface area contributed by atoms with Gasteiger partial charge in [0.25, 0.3) is 0 Å². The first-order chi connectivity index (χ1) is 11.4. The summed E-state index contributed by atoms with van der Waals surface area (Å²) in [6.07, 6.45) is 0.439. The Labute approximate surface area is 146 Å². The number of nitrogens with one attached hydrogen (secondary N) is 1. The Morgan fingerprint density at radius 2 is 1.72 bits per heavy atom. The number of hydrogen-bond acceptors (Lipinski definition) is 4. The van der Waals surface area contributed by atoms with Gasteiger partial charge in [-0.1, -0.05) is 13.8 Å². The number of nitrogens with zero attached hydrogens (tertiary/aromatic N) is 3. The SMILES string of the molecule is CC.Cc1c(F)cn2c(C(C)(C)NC(=O)OC(C)(C)C)nnc2c1F. The lowest BCUT2D eigenvalue weighted by Gasteiger charge is -2.27. The Balaban J connectivity index is 0.00000151. The van der Waals surface area contributed by atoms with Crippen molar-refractivity contribution >= 4 is 11.7 Å². The molecule has 0 unspecified atom stereocenters. The zero-order valence-electron chi connectivity index (χ0n) is 16.0. The summed E-state index contributed by atoms with van der Waals surface area (Å²) < 4.78 is 34.3. The molecule has 0 radical (unpaired) electrons. The van der Waals surface area contributed by atoms with Crippen molar-refractivity contribution in [3.63, 3.8) is 0 Å². The van der Waals surface area contributed by atoms with Crippen LogP contribution < -0.4 is 5.32 Å². The molecule has 140 valence electrons. The van der Waals surface area contributed by atoms with Gasteiger partial charge in [-0.25, -0.2) is 13.6 Å². The molecule has 2 aromatic heterocycles. The van der Waals surface area contributed by atoms with Crippen molar-refractivity contribution in [2.45, 2.75) is 66.5 Å². The highest BCUT2D eigenvalue weighted by Gasteiger charge is 2.31. The number of amides is 1. The van der Waals surface area contributed by atoms with E-state index >= 15 is 0 Å². The minimum atomic E-state index is -1.05. The van der Waals surface area contributed by atoms with E-state index < -0.39 is 28.9 Å². The Hall–Kier alpha value is -2.25. The molecule has 1 N–H and O–H groups in total. The molecule has 0 fully saturated rings. The fourth-order valence-electron chi connectivity index (χ4n) is 2.09. The zero-order valence-corrected chi connectivity index (χ0v) is 16.0. The van der Waals surface area contributed by atoms with Gasteiger partial charge in [-0.3, -0.25) is 4.40 Å². The van der Waals surface area contributed by atoms with E-state index in [0.717, 1.165) is 6.20 Å². The quantitative estimate of drug-likeness (QED) is 0.879. The number of carbonyl (C=O) groups excluding carboxylic acids is 1. The maximum atomic E-state index is 14.1. The number of fused-ring (bicyclic) bond motifs is 1. The van der Waals surface area contributed by atoms with E-state index in [1.165, 1.54) is 11.3 Å². The third-order valence-electron chi connectivity index (χ3n) is 3.19. The molecule has 0 aliphatic heterocycles. The van der Waals surface area contributed by atoms with Gasteiger partial charge >= 0.3 is 6.09 Å². The van der Waals surface area contributed by atoms with Crippen molar-refractivity contribution in [1.82, 2.24) is 19.9 Å². The predicted octanol–water partition coefficient (Wildman–Crippen LogP) is 4.10. The van der Waals surface area contributed by atoms with E-state index in [2.05, 4.69) is 15.5 Å². The maximum absolute atomic E-state index is 14.1. The molecule has 0 spiro atoms. The van der Waals surface area contributed by atoms with Crippen molar-refractivity contribution < 1.29 is 18.3 Å². The first kappa shape index (κ1) is 20.8. The lowest BCUT2D eigenvalue weighted by molar-refractivity contribution is 0.0465. The molecule has 0 aromatic carbocycles. The van der Waals surface area contributed by atoms with E-state index in [1.807, 2.05) is 13.8 Å². The van der Waals surface area contributed by atoms with Gasteiger partial charge in [-0.05, 0) is 41.5 Å². The third-order valence-corrected chi connectivity index (χ3v) is 3.19. The van der Waals surface area contributed by atoms with Crippen molar-refractivity contribution in [2.75, 3.05) is 0 Å². The van der Waals surface area contributed by atoms with E-state index in [1.54, 1.807) is 34.6 Å². The molecule has 8 heteroatoms. The van der Waals surface area contributed by atoms with Crippen molar-refractivity contribution in [3.05, 3.63) is 29.2 Å². The average molecular weight is 356 g/mol. The number of carbonyl (C=O) groups is 1. The van der Waals surface area contributed by atoms with Gasteiger partial charge in [-0.15, -0.1) is 10.2 Å². The van der Waals surface area contributed by atoms with Gasteiger partial charge in [-0.2, -0.15) is 0 Å². The van der Waals surface area contributed by atoms with Crippen LogP contribution in [0.4, 0.5) is 13.6 Å². The van der Waals surface area contributed by atoms with E-state index in [-0.39, 0.29) is 17.0 Å². The lowest BCUT2D eigenvalue weighted by atomic mass is 10.1. The summed E-state index contributed by atoms with van der Waals surface area (Å²) in [6.45, 7) is 13.8. The van der Waals surface area contributed by atoms with Gasteiger partial charge in [0, 0.05) is 11.8 Å². The molecule has 0 bridgehead atoms. The molecular weight excluding hydrogens is 330 g/mol. The normalized spacial score (nSPS) is 11.8. The number of alkyl carbamates (subject to hydrolysis) is 1. The summed E-state index contributed by atoms with van der Waals surface area (Å²) in [5.74, 6) is -1.31. The Bertz CT molecular complexity index is 764. The maximum Gasteiger partial charge on any atom is 0.408 e. The van der Waals surface area contributed by atoms with Crippen LogP contribution in [0.5, 0.6) is 0 Å². The van der Waals surface area contributed by atoms with Crippen LogP contribution in [0, 0.1) is 18.6 Å². The molecule has 1 amide bonds. The molecule has 0 atom stereocenters. The van der Waals surface area contributed by atoms with Crippen molar-refractivity contribution in [2.24, 2.45) is 0 Å². The summed E-state index contributed by atoms with van der Waals surface area (Å²) in [5.41, 5.74) is -1.94. The standard InChI is InChI=1S/C15H20F2N4O2.C2H6/c1-8-9(16)7-21-11(10(8)17)19-20-12(21)15(5,6)18-13(22)23-14(2,3)4;1-2/h7H,1-6H3,(H,18,22);1-2H3. The Morgan fingerprint density at radius 3 is 2.24 bits per heavy atom. The molecule has 25 heavy (non-hydrogen) atoms. The molecule has 2 aromatic rings. The summed E-state index contributed by atoms with van der Waals surface area (Å²) in [4.78, 5) is 12.0. The van der Waals surface area contributed by atoms with Gasteiger partial charge in [0.05, 0.1) is 5.54 Å². The van der Waals surface area contributed by atoms with Crippen LogP contribution in [0.1, 0.15) is 59.9 Å². The van der Waals surface area contributed by atoms with Gasteiger partial charge in [0.2, 0.25) is 0 Å². The predicted molar refractivity (Wildman–Crippen MR) is 91.4 cm³/mol. The molecule has 0 aliphatic rings. The Kier molecular flexibility index (Phi) is 6.09. The second-order valence-electron chi connectivity index (χ2n) is 6.89. The highest BCUT2D eigenvalue weighted by molar-refractivity contribution is 5.69. The number of pyridine rings is 1. The van der Waals surface area contributed by atoms with Crippen molar-refractivity contribution in [1.29, 1.82) is 0 Å². The smallest absolute Gasteiger partial charge is 0.408 e. The minimum absolute atomic E-state index is 0.0991. The number of ether oxygens (including phenoxy) is 1. The van der Waals surface area contributed by atoms with E-state index in [4.69, 9.17) is 4.74 Å². The number of rotatable bonds is 2. The van der Waals surface area contributed by atoms with Crippen molar-refractivity contribution in [3.8, 4) is 0 Å². The summed E-state index contributed by atoms with van der Waals surface area (Å²) >= 11 is 0. The average Bonchev–Trinajstić information content (AvgIpc) is 2.89. The van der Waals surface area contributed by atoms with Crippen LogP contribution in [0.2, 0.25) is 0 Å². The van der Waals surface area contributed by atoms with Gasteiger partial charge in [0.15, 0.2) is 17.3 Å². The first-order valence-corrected chi connectivity index (χ1v) is 8.13. The van der Waals surface area contributed by atoms with E-state index in [0.29, 0.717) is 0 Å². The number of aromatic nitrogens is 3. The molecule has 6 nitrogen and oxygen atoms in total. The van der Waals surface area contributed by atoms with Crippen LogP contribution in [-0.4, -0.2) is 26.3 Å². The molecule has 0 saturated carbocycles. The van der Waals surface area contributed by atoms with Crippen LogP contribution >= 0.6 is 0 Å². The summed E-state index contributed by atoms with van der Waals surface area (Å²) in [7, 11) is 0. The van der Waals surface area contributed by atoms with Gasteiger partial charge < -0.3 is 10.1 Å². The molecule has 2 heterocycles. The molecular formula is C17H26F2N4O2. The Morgan fingerprint density at radius 1 is 1.16 bits per heavy atom. The van der Waals surface area contributed by atoms with Crippen LogP contribution in [0.25, 0.3) is 5.65 Å². The van der Waals surface area contributed by atoms with Crippen LogP contribution in [-0.2, 0) is 10.3 Å². The molecule has 0 aliphatic carbocycles. The molecule has 2 rings (SSSR count). The third kappa shape index (κ3) is 4.64. The highest BCUT2D eigenvalue weighted by atomic mass is 19.1.